The van der Waals surface area contributed by atoms with Gasteiger partial charge in [-0.2, -0.15) is 0 Å². The minimum Gasteiger partial charge on any atom is -0.497 e. The molecule has 1 saturated heterocycles. The van der Waals surface area contributed by atoms with Gasteiger partial charge in [-0.15, -0.1) is 0 Å². The summed E-state index contributed by atoms with van der Waals surface area (Å²) in [5.74, 6) is 0.948. The molecule has 0 saturated carbocycles. The first-order valence-electron chi connectivity index (χ1n) is 8.38. The van der Waals surface area contributed by atoms with Crippen LogP contribution in [0.25, 0.3) is 5.69 Å². The molecule has 1 fully saturated rings. The fraction of sp³-hybridized carbons (Fsp3) is 0.421. The number of methoxy groups -OCH3 is 1. The van der Waals surface area contributed by atoms with E-state index < -0.39 is 0 Å². The smallest absolute Gasteiger partial charge is 0.256 e. The second-order valence-electron chi connectivity index (χ2n) is 6.37. The maximum atomic E-state index is 13.0. The Morgan fingerprint density at radius 1 is 1.25 bits per heavy atom. The van der Waals surface area contributed by atoms with Crippen LogP contribution < -0.4 is 10.1 Å². The van der Waals surface area contributed by atoms with E-state index in [2.05, 4.69) is 16.8 Å². The van der Waals surface area contributed by atoms with Gasteiger partial charge in [0.05, 0.1) is 12.7 Å². The molecular formula is C19H25N3O2. The molecule has 5 nitrogen and oxygen atoms in total. The van der Waals surface area contributed by atoms with Gasteiger partial charge < -0.3 is 19.5 Å². The van der Waals surface area contributed by atoms with Crippen LogP contribution in [0.15, 0.2) is 30.3 Å². The first-order chi connectivity index (χ1) is 11.5. The van der Waals surface area contributed by atoms with Crippen molar-refractivity contribution >= 4 is 5.91 Å². The van der Waals surface area contributed by atoms with Crippen LogP contribution in [0.4, 0.5) is 0 Å². The molecule has 2 aromatic rings. The summed E-state index contributed by atoms with van der Waals surface area (Å²) in [5.41, 5.74) is 3.87. The van der Waals surface area contributed by atoms with Gasteiger partial charge in [-0.05, 0) is 51.1 Å². The van der Waals surface area contributed by atoms with Crippen LogP contribution in [0.5, 0.6) is 5.75 Å². The zero-order valence-electron chi connectivity index (χ0n) is 14.8. The lowest BCUT2D eigenvalue weighted by Crippen LogP contribution is -2.52. The number of carbonyl (C=O) groups excluding carboxylic acids is 1. The van der Waals surface area contributed by atoms with Gasteiger partial charge in [0.15, 0.2) is 0 Å². The standard InChI is InChI=1S/C19H25N3O2/c1-13-11-18(19(23)21-10-9-20-12-14(21)2)15(3)22(13)16-5-7-17(24-4)8-6-16/h5-8,11,14,20H,9-10,12H2,1-4H3/t14-/m0/s1. The largest absolute Gasteiger partial charge is 0.497 e. The molecule has 0 unspecified atom stereocenters. The lowest BCUT2D eigenvalue weighted by molar-refractivity contribution is 0.0655. The number of hydrogen-bond acceptors (Lipinski definition) is 3. The minimum atomic E-state index is 0.122. The molecule has 1 aromatic carbocycles. The third-order valence-corrected chi connectivity index (χ3v) is 4.75. The molecule has 2 heterocycles. The van der Waals surface area contributed by atoms with Crippen molar-refractivity contribution in [3.05, 3.63) is 47.3 Å². The highest BCUT2D eigenvalue weighted by Gasteiger charge is 2.27. The van der Waals surface area contributed by atoms with Gasteiger partial charge in [-0.3, -0.25) is 4.79 Å². The number of nitrogens with zero attached hydrogens (tertiary/aromatic N) is 2. The Hall–Kier alpha value is -2.27. The first-order valence-corrected chi connectivity index (χ1v) is 8.38. The number of ether oxygens (including phenoxy) is 1. The van der Waals surface area contributed by atoms with Crippen LogP contribution in [0.3, 0.4) is 0 Å². The fourth-order valence-corrected chi connectivity index (χ4v) is 3.41. The second kappa shape index (κ2) is 6.69. The molecule has 24 heavy (non-hydrogen) atoms. The Morgan fingerprint density at radius 3 is 2.58 bits per heavy atom. The number of rotatable bonds is 3. The minimum absolute atomic E-state index is 0.122. The average molecular weight is 327 g/mol. The fourth-order valence-electron chi connectivity index (χ4n) is 3.41. The van der Waals surface area contributed by atoms with Crippen molar-refractivity contribution < 1.29 is 9.53 Å². The summed E-state index contributed by atoms with van der Waals surface area (Å²) in [7, 11) is 1.66. The van der Waals surface area contributed by atoms with Crippen LogP contribution in [0, 0.1) is 13.8 Å². The molecule has 3 rings (SSSR count). The number of aromatic nitrogens is 1. The average Bonchev–Trinajstić information content (AvgIpc) is 2.89. The lowest BCUT2D eigenvalue weighted by atomic mass is 10.1. The molecular weight excluding hydrogens is 302 g/mol. The number of hydrogen-bond donors (Lipinski definition) is 1. The van der Waals surface area contributed by atoms with Crippen molar-refractivity contribution in [1.82, 2.24) is 14.8 Å². The molecule has 1 aromatic heterocycles. The molecule has 1 aliphatic heterocycles. The lowest BCUT2D eigenvalue weighted by Gasteiger charge is -2.34. The molecule has 1 N–H and O–H groups in total. The Morgan fingerprint density at radius 2 is 1.96 bits per heavy atom. The topological polar surface area (TPSA) is 46.5 Å². The summed E-state index contributed by atoms with van der Waals surface area (Å²) >= 11 is 0. The monoisotopic (exact) mass is 327 g/mol. The Labute approximate surface area is 143 Å². The van der Waals surface area contributed by atoms with E-state index in [9.17, 15) is 4.79 Å². The highest BCUT2D eigenvalue weighted by molar-refractivity contribution is 5.96. The molecule has 1 aliphatic rings. The zero-order valence-corrected chi connectivity index (χ0v) is 14.8. The third kappa shape index (κ3) is 2.91. The van der Waals surface area contributed by atoms with Crippen molar-refractivity contribution in [1.29, 1.82) is 0 Å². The van der Waals surface area contributed by atoms with Gasteiger partial charge in [0.25, 0.3) is 5.91 Å². The molecule has 128 valence electrons. The number of aryl methyl sites for hydroxylation is 1. The molecule has 0 spiro atoms. The highest BCUT2D eigenvalue weighted by Crippen LogP contribution is 2.24. The summed E-state index contributed by atoms with van der Waals surface area (Å²) in [4.78, 5) is 15.0. The number of piperazine rings is 1. The van der Waals surface area contributed by atoms with E-state index in [1.54, 1.807) is 7.11 Å². The van der Waals surface area contributed by atoms with Crippen LogP contribution in [0.2, 0.25) is 0 Å². The van der Waals surface area contributed by atoms with Gasteiger partial charge in [0.2, 0.25) is 0 Å². The summed E-state index contributed by atoms with van der Waals surface area (Å²) < 4.78 is 7.35. The maximum Gasteiger partial charge on any atom is 0.256 e. The predicted octanol–water partition coefficient (Wildman–Crippen LogP) is 2.54. The van der Waals surface area contributed by atoms with Crippen LogP contribution in [-0.2, 0) is 0 Å². The molecule has 5 heteroatoms. The van der Waals surface area contributed by atoms with Crippen LogP contribution in [0.1, 0.15) is 28.7 Å². The summed E-state index contributed by atoms with van der Waals surface area (Å²) in [6.07, 6.45) is 0. The maximum absolute atomic E-state index is 13.0. The normalized spacial score (nSPS) is 17.8. The van der Waals surface area contributed by atoms with Crippen molar-refractivity contribution in [2.45, 2.75) is 26.8 Å². The van der Waals surface area contributed by atoms with Crippen LogP contribution >= 0.6 is 0 Å². The molecule has 1 atom stereocenters. The van der Waals surface area contributed by atoms with E-state index in [1.165, 1.54) is 0 Å². The van der Waals surface area contributed by atoms with E-state index in [-0.39, 0.29) is 11.9 Å². The van der Waals surface area contributed by atoms with E-state index in [4.69, 9.17) is 4.74 Å². The van der Waals surface area contributed by atoms with Crippen LogP contribution in [-0.4, -0.2) is 48.2 Å². The summed E-state index contributed by atoms with van der Waals surface area (Å²) in [5, 5.41) is 3.33. The van der Waals surface area contributed by atoms with Gasteiger partial charge >= 0.3 is 0 Å². The number of nitrogens with one attached hydrogen (secondary N) is 1. The molecule has 0 aliphatic carbocycles. The Bertz CT molecular complexity index is 734. The second-order valence-corrected chi connectivity index (χ2v) is 6.37. The molecule has 0 radical (unpaired) electrons. The van der Waals surface area contributed by atoms with Gasteiger partial charge in [0.1, 0.15) is 5.75 Å². The number of amides is 1. The summed E-state index contributed by atoms with van der Waals surface area (Å²) in [6, 6.07) is 10.1. The van der Waals surface area contributed by atoms with Crippen molar-refractivity contribution in [2.24, 2.45) is 0 Å². The zero-order chi connectivity index (χ0) is 17.3. The quantitative estimate of drug-likeness (QED) is 0.942. The van der Waals surface area contributed by atoms with E-state index in [0.717, 1.165) is 48.0 Å². The SMILES string of the molecule is COc1ccc(-n2c(C)cc(C(=O)N3CCNC[C@@H]3C)c2C)cc1. The van der Waals surface area contributed by atoms with Crippen molar-refractivity contribution in [2.75, 3.05) is 26.7 Å². The highest BCUT2D eigenvalue weighted by atomic mass is 16.5. The van der Waals surface area contributed by atoms with E-state index in [1.807, 2.05) is 49.1 Å². The Balaban J connectivity index is 1.95. The number of benzene rings is 1. The third-order valence-electron chi connectivity index (χ3n) is 4.75. The number of carbonyl (C=O) groups is 1. The molecule has 0 bridgehead atoms. The van der Waals surface area contributed by atoms with E-state index >= 15 is 0 Å². The van der Waals surface area contributed by atoms with E-state index in [0.29, 0.717) is 0 Å². The summed E-state index contributed by atoms with van der Waals surface area (Å²) in [6.45, 7) is 8.60. The first kappa shape index (κ1) is 16.6. The van der Waals surface area contributed by atoms with Crippen molar-refractivity contribution in [3.8, 4) is 11.4 Å². The molecule has 1 amide bonds. The van der Waals surface area contributed by atoms with Crippen molar-refractivity contribution in [3.63, 3.8) is 0 Å². The predicted molar refractivity (Wildman–Crippen MR) is 95.2 cm³/mol. The van der Waals surface area contributed by atoms with Gasteiger partial charge in [-0.25, -0.2) is 0 Å². The van der Waals surface area contributed by atoms with Gasteiger partial charge in [0, 0.05) is 42.8 Å². The Kier molecular flexibility index (Phi) is 4.62. The van der Waals surface area contributed by atoms with Gasteiger partial charge in [-0.1, -0.05) is 0 Å².